The van der Waals surface area contributed by atoms with E-state index >= 15 is 0 Å². The third kappa shape index (κ3) is 8.16. The van der Waals surface area contributed by atoms with Crippen molar-refractivity contribution in [2.75, 3.05) is 21.2 Å². The van der Waals surface area contributed by atoms with Crippen molar-refractivity contribution in [1.82, 2.24) is 4.90 Å². The average molecular weight is 642 g/mol. The third-order valence-electron chi connectivity index (χ3n) is 10.9. The number of ether oxygens (including phenoxy) is 4. The van der Waals surface area contributed by atoms with Gasteiger partial charge in [0.1, 0.15) is 29.5 Å². The van der Waals surface area contributed by atoms with Crippen LogP contribution in [0.25, 0.3) is 0 Å². The van der Waals surface area contributed by atoms with Crippen LogP contribution in [0.3, 0.4) is 0 Å². The van der Waals surface area contributed by atoms with Crippen LogP contribution in [0.5, 0.6) is 0 Å². The van der Waals surface area contributed by atoms with Crippen molar-refractivity contribution < 1.29 is 48.7 Å². The minimum atomic E-state index is -1.94. The second kappa shape index (κ2) is 15.2. The zero-order valence-corrected chi connectivity index (χ0v) is 29.0. The smallest absolute Gasteiger partial charge is 0.316 e. The van der Waals surface area contributed by atoms with Crippen molar-refractivity contribution in [2.24, 2.45) is 29.6 Å². The lowest BCUT2D eigenvalue weighted by Crippen LogP contribution is -2.60. The van der Waals surface area contributed by atoms with Gasteiger partial charge in [0.2, 0.25) is 0 Å². The van der Waals surface area contributed by atoms with Crippen LogP contribution in [0.1, 0.15) is 93.4 Å². The molecule has 2 saturated heterocycles. The first kappa shape index (κ1) is 38.0. The summed E-state index contributed by atoms with van der Waals surface area (Å²) in [6, 6.07) is -0.265. The van der Waals surface area contributed by atoms with E-state index < -0.39 is 77.3 Å². The van der Waals surface area contributed by atoms with Gasteiger partial charge in [0.25, 0.3) is 0 Å². The van der Waals surface area contributed by atoms with Crippen LogP contribution in [0.15, 0.2) is 0 Å². The predicted molar refractivity (Wildman–Crippen MR) is 167 cm³/mol. The number of aliphatic hydroxyl groups excluding tert-OH is 2. The SMILES string of the molecule is CO[C@@]1(C)C[C@@H](C)C(=O)[C@@H](C)[C@@H](O)[C@](C)(O)C(C2CCCCC2)OC(=O)[C@H](C)C(=O)[C@H](C)[C@H]1OC1O[C@H](C)C[C@H](N(C)C)[C@H]1O. The summed E-state index contributed by atoms with van der Waals surface area (Å²) in [6.45, 7) is 11.5. The molecule has 3 fully saturated rings. The zero-order valence-electron chi connectivity index (χ0n) is 29.0. The molecule has 260 valence electrons. The minimum absolute atomic E-state index is 0.101. The van der Waals surface area contributed by atoms with Gasteiger partial charge in [0.05, 0.1) is 23.9 Å². The van der Waals surface area contributed by atoms with E-state index in [0.717, 1.165) is 19.3 Å². The molecule has 45 heavy (non-hydrogen) atoms. The Kier molecular flexibility index (Phi) is 12.8. The van der Waals surface area contributed by atoms with E-state index in [1.165, 1.54) is 21.0 Å². The number of nitrogens with zero attached hydrogens (tertiary/aromatic N) is 1. The van der Waals surface area contributed by atoms with Crippen LogP contribution >= 0.6 is 0 Å². The molecule has 3 aliphatic rings. The maximum Gasteiger partial charge on any atom is 0.316 e. The Labute approximate surface area is 269 Å². The van der Waals surface area contributed by atoms with Gasteiger partial charge in [-0.25, -0.2) is 0 Å². The monoisotopic (exact) mass is 641 g/mol. The van der Waals surface area contributed by atoms with Gasteiger partial charge in [-0.3, -0.25) is 14.4 Å². The summed E-state index contributed by atoms with van der Waals surface area (Å²) in [4.78, 5) is 43.5. The number of aliphatic hydroxyl groups is 3. The first-order valence-electron chi connectivity index (χ1n) is 16.8. The van der Waals surface area contributed by atoms with E-state index in [1.54, 1.807) is 27.7 Å². The summed E-state index contributed by atoms with van der Waals surface area (Å²) in [5.74, 6) is -5.66. The lowest BCUT2D eigenvalue weighted by molar-refractivity contribution is -0.295. The predicted octanol–water partition coefficient (Wildman–Crippen LogP) is 2.89. The number of esters is 1. The number of rotatable bonds is 5. The summed E-state index contributed by atoms with van der Waals surface area (Å²) in [7, 11) is 5.20. The number of carbonyl (C=O) groups is 3. The molecule has 0 aromatic rings. The average Bonchev–Trinajstić information content (AvgIpc) is 3.00. The molecule has 11 nitrogen and oxygen atoms in total. The van der Waals surface area contributed by atoms with Crippen molar-refractivity contribution in [2.45, 2.75) is 147 Å². The molecule has 3 rings (SSSR count). The quantitative estimate of drug-likeness (QED) is 0.300. The molecule has 2 aliphatic heterocycles. The lowest BCUT2D eigenvalue weighted by Gasteiger charge is -2.47. The van der Waals surface area contributed by atoms with E-state index in [2.05, 4.69) is 0 Å². The van der Waals surface area contributed by atoms with Gasteiger partial charge in [-0.2, -0.15) is 0 Å². The van der Waals surface area contributed by atoms with Crippen LogP contribution in [-0.4, -0.2) is 113 Å². The summed E-state index contributed by atoms with van der Waals surface area (Å²) >= 11 is 0. The van der Waals surface area contributed by atoms with Crippen molar-refractivity contribution >= 4 is 17.5 Å². The second-order valence-corrected chi connectivity index (χ2v) is 14.8. The summed E-state index contributed by atoms with van der Waals surface area (Å²) < 4.78 is 24.6. The van der Waals surface area contributed by atoms with Crippen molar-refractivity contribution in [3.8, 4) is 0 Å². The fourth-order valence-corrected chi connectivity index (χ4v) is 7.91. The molecule has 2 unspecified atom stereocenters. The van der Waals surface area contributed by atoms with E-state index in [-0.39, 0.29) is 30.3 Å². The highest BCUT2D eigenvalue weighted by atomic mass is 16.7. The molecule has 2 heterocycles. The summed E-state index contributed by atoms with van der Waals surface area (Å²) in [5.41, 5.74) is -3.19. The number of cyclic esters (lactones) is 1. The third-order valence-corrected chi connectivity index (χ3v) is 10.9. The van der Waals surface area contributed by atoms with Crippen molar-refractivity contribution in [3.05, 3.63) is 0 Å². The van der Waals surface area contributed by atoms with Crippen LogP contribution in [0.2, 0.25) is 0 Å². The van der Waals surface area contributed by atoms with E-state index in [1.807, 2.05) is 25.9 Å². The number of Topliss-reactive ketones (excluding diaryl/α,β-unsaturated/α-hetero) is 2. The normalized spacial score (nSPS) is 45.3. The van der Waals surface area contributed by atoms with Crippen LogP contribution in [0, 0.1) is 29.6 Å². The van der Waals surface area contributed by atoms with E-state index in [4.69, 9.17) is 18.9 Å². The number of likely N-dealkylation sites (N-methyl/N-ethyl adjacent to an activating group) is 1. The largest absolute Gasteiger partial charge is 0.458 e. The maximum atomic E-state index is 14.1. The Bertz CT molecular complexity index is 1030. The van der Waals surface area contributed by atoms with Gasteiger partial charge in [0, 0.05) is 30.9 Å². The number of carbonyl (C=O) groups excluding carboxylic acids is 3. The topological polar surface area (TPSA) is 152 Å². The fraction of sp³-hybridized carbons (Fsp3) is 0.912. The Morgan fingerprint density at radius 2 is 1.51 bits per heavy atom. The molecule has 13 atom stereocenters. The molecule has 0 radical (unpaired) electrons. The summed E-state index contributed by atoms with van der Waals surface area (Å²) in [6.07, 6.45) is -1.20. The molecular formula is C34H59NO10. The van der Waals surface area contributed by atoms with Gasteiger partial charge in [-0.15, -0.1) is 0 Å². The standard InChI is InChI=1S/C34H59NO10/c1-18-17-33(6,42-10)29(45-32-27(38)24(35(8)9)16-19(2)43-32)21(4)26(37)22(5)31(40)44-30(23-14-12-11-13-15-23)34(7,41)28(39)20(3)25(18)36/h18-24,27-30,32,38-39,41H,11-17H2,1-10H3/t18-,19-,20-,21+,22-,24+,27-,28-,29-,30?,32?,33+,34+/m1/s1. The molecule has 11 heteroatoms. The number of ketones is 2. The first-order chi connectivity index (χ1) is 20.9. The Balaban J connectivity index is 2.08. The molecule has 1 aliphatic carbocycles. The van der Waals surface area contributed by atoms with Gasteiger partial charge in [-0.05, 0) is 73.4 Å². The lowest BCUT2D eigenvalue weighted by atomic mass is 9.71. The van der Waals surface area contributed by atoms with Crippen LogP contribution in [-0.2, 0) is 33.3 Å². The number of hydrogen-bond donors (Lipinski definition) is 3. The van der Waals surface area contributed by atoms with Crippen LogP contribution in [0.4, 0.5) is 0 Å². The van der Waals surface area contributed by atoms with Gasteiger partial charge in [0.15, 0.2) is 12.1 Å². The molecular weight excluding hydrogens is 582 g/mol. The summed E-state index contributed by atoms with van der Waals surface area (Å²) in [5, 5.41) is 34.6. The Hall–Kier alpha value is -1.47. The zero-order chi connectivity index (χ0) is 34.0. The van der Waals surface area contributed by atoms with Crippen molar-refractivity contribution in [3.63, 3.8) is 0 Å². The molecule has 1 saturated carbocycles. The molecule has 0 spiro atoms. The molecule has 0 aromatic heterocycles. The van der Waals surface area contributed by atoms with Gasteiger partial charge in [-0.1, -0.05) is 40.0 Å². The maximum absolute atomic E-state index is 14.1. The number of hydrogen-bond acceptors (Lipinski definition) is 11. The highest BCUT2D eigenvalue weighted by Gasteiger charge is 2.53. The minimum Gasteiger partial charge on any atom is -0.458 e. The van der Waals surface area contributed by atoms with Gasteiger partial charge < -0.3 is 39.2 Å². The van der Waals surface area contributed by atoms with Crippen LogP contribution < -0.4 is 0 Å². The Morgan fingerprint density at radius 1 is 0.911 bits per heavy atom. The van der Waals surface area contributed by atoms with Gasteiger partial charge >= 0.3 is 5.97 Å². The van der Waals surface area contributed by atoms with E-state index in [0.29, 0.717) is 19.3 Å². The van der Waals surface area contributed by atoms with Crippen molar-refractivity contribution in [1.29, 1.82) is 0 Å². The second-order valence-electron chi connectivity index (χ2n) is 14.8. The molecule has 0 amide bonds. The first-order valence-corrected chi connectivity index (χ1v) is 16.8. The highest BCUT2D eigenvalue weighted by Crippen LogP contribution is 2.40. The molecule has 3 N–H and O–H groups in total. The Morgan fingerprint density at radius 3 is 2.07 bits per heavy atom. The molecule has 0 aromatic carbocycles. The highest BCUT2D eigenvalue weighted by molar-refractivity contribution is 6.00. The van der Waals surface area contributed by atoms with E-state index in [9.17, 15) is 29.7 Å². The fourth-order valence-electron chi connectivity index (χ4n) is 7.91. The molecule has 0 bridgehead atoms. The number of methoxy groups -OCH3 is 1.